The molecular formula is C25H40O5. The smallest absolute Gasteiger partial charge is 0.317 e. The molecule has 1 aromatic rings. The molecule has 0 bridgehead atoms. The van der Waals surface area contributed by atoms with E-state index >= 15 is 0 Å². The van der Waals surface area contributed by atoms with Crippen molar-refractivity contribution in [1.82, 2.24) is 0 Å². The Morgan fingerprint density at radius 1 is 0.933 bits per heavy atom. The molecule has 0 N–H and O–H groups in total. The van der Waals surface area contributed by atoms with Gasteiger partial charge in [-0.1, -0.05) is 55.4 Å². The molecule has 0 spiro atoms. The summed E-state index contributed by atoms with van der Waals surface area (Å²) < 4.78 is 17.0. The van der Waals surface area contributed by atoms with E-state index in [0.29, 0.717) is 12.2 Å². The number of hydrogen-bond acceptors (Lipinski definition) is 5. The fourth-order valence-corrected chi connectivity index (χ4v) is 3.32. The molecule has 0 aliphatic rings. The first-order valence-electron chi connectivity index (χ1n) is 10.7. The van der Waals surface area contributed by atoms with E-state index in [-0.39, 0.29) is 16.7 Å². The molecule has 0 unspecified atom stereocenters. The number of esters is 2. The van der Waals surface area contributed by atoms with Crippen LogP contribution in [0.5, 0.6) is 11.5 Å². The fourth-order valence-electron chi connectivity index (χ4n) is 3.32. The highest BCUT2D eigenvalue weighted by atomic mass is 16.6. The minimum absolute atomic E-state index is 0.263. The first-order chi connectivity index (χ1) is 13.6. The second-order valence-electron chi connectivity index (χ2n) is 10.5. The van der Waals surface area contributed by atoms with E-state index in [1.165, 1.54) is 6.92 Å². The molecule has 0 aliphatic carbocycles. The van der Waals surface area contributed by atoms with Crippen LogP contribution in [0.3, 0.4) is 0 Å². The molecule has 5 nitrogen and oxygen atoms in total. The summed E-state index contributed by atoms with van der Waals surface area (Å²) in [6.45, 7) is 19.7. The molecule has 1 rings (SSSR count). The number of benzene rings is 1. The molecule has 5 heteroatoms. The van der Waals surface area contributed by atoms with Crippen LogP contribution in [0, 0.1) is 11.8 Å². The molecule has 30 heavy (non-hydrogen) atoms. The van der Waals surface area contributed by atoms with Crippen LogP contribution in [0.4, 0.5) is 0 Å². The molecule has 0 fully saturated rings. The van der Waals surface area contributed by atoms with Crippen molar-refractivity contribution in [3.63, 3.8) is 0 Å². The van der Waals surface area contributed by atoms with Gasteiger partial charge in [-0.05, 0) is 42.2 Å². The molecule has 0 aromatic heterocycles. The molecule has 170 valence electrons. The lowest BCUT2D eigenvalue weighted by molar-refractivity contribution is -0.155. The summed E-state index contributed by atoms with van der Waals surface area (Å²) in [6, 6.07) is 3.86. The number of methoxy groups -OCH3 is 1. The van der Waals surface area contributed by atoms with Crippen LogP contribution < -0.4 is 9.47 Å². The summed E-state index contributed by atoms with van der Waals surface area (Å²) in [5.74, 6) is 0.201. The van der Waals surface area contributed by atoms with Crippen molar-refractivity contribution in [1.29, 1.82) is 0 Å². The fraction of sp³-hybridized carbons (Fsp3) is 0.680. The monoisotopic (exact) mass is 420 g/mol. The molecule has 0 saturated carbocycles. The van der Waals surface area contributed by atoms with Gasteiger partial charge in [0.2, 0.25) is 0 Å². The highest BCUT2D eigenvalue weighted by molar-refractivity contribution is 5.77. The highest BCUT2D eigenvalue weighted by Crippen LogP contribution is 2.43. The Morgan fingerprint density at radius 3 is 1.73 bits per heavy atom. The van der Waals surface area contributed by atoms with Gasteiger partial charge in [0.05, 0.1) is 13.0 Å². The number of carbonyl (C=O) groups is 2. The van der Waals surface area contributed by atoms with Crippen LogP contribution in [-0.4, -0.2) is 25.2 Å². The lowest BCUT2D eigenvalue weighted by atomic mass is 9.79. The third kappa shape index (κ3) is 7.03. The standard InChI is InChI=1S/C25H40O5/c1-15(2)12-21(29-17(4)26)16(3)23(27)30-22-19(24(5,6)7)13-18(28-11)14-20(22)25(8,9)10/h13-16,21H,12H2,1-11H3/t16-,21+/m0/s1. The zero-order chi connectivity index (χ0) is 23.4. The zero-order valence-electron chi connectivity index (χ0n) is 20.6. The van der Waals surface area contributed by atoms with Gasteiger partial charge in [0.25, 0.3) is 0 Å². The maximum absolute atomic E-state index is 13.2. The van der Waals surface area contributed by atoms with Crippen molar-refractivity contribution in [2.24, 2.45) is 11.8 Å². The van der Waals surface area contributed by atoms with E-state index in [9.17, 15) is 9.59 Å². The largest absolute Gasteiger partial charge is 0.497 e. The summed E-state index contributed by atoms with van der Waals surface area (Å²) >= 11 is 0. The molecular weight excluding hydrogens is 380 g/mol. The van der Waals surface area contributed by atoms with Gasteiger partial charge in [0, 0.05) is 18.1 Å². The van der Waals surface area contributed by atoms with Crippen molar-refractivity contribution in [3.05, 3.63) is 23.3 Å². The van der Waals surface area contributed by atoms with Crippen LogP contribution in [-0.2, 0) is 25.2 Å². The Morgan fingerprint density at radius 2 is 1.40 bits per heavy atom. The van der Waals surface area contributed by atoms with Gasteiger partial charge in [-0.3, -0.25) is 9.59 Å². The second-order valence-corrected chi connectivity index (χ2v) is 10.5. The quantitative estimate of drug-likeness (QED) is 0.411. The molecule has 0 saturated heterocycles. The van der Waals surface area contributed by atoms with Crippen LogP contribution in [0.2, 0.25) is 0 Å². The number of hydrogen-bond donors (Lipinski definition) is 0. The van der Waals surface area contributed by atoms with E-state index in [2.05, 4.69) is 41.5 Å². The van der Waals surface area contributed by atoms with Gasteiger partial charge < -0.3 is 14.2 Å². The predicted octanol–water partition coefficient (Wildman–Crippen LogP) is 5.81. The van der Waals surface area contributed by atoms with E-state index in [1.54, 1.807) is 14.0 Å². The maximum Gasteiger partial charge on any atom is 0.317 e. The molecule has 0 amide bonds. The Kier molecular flexibility index (Phi) is 8.53. The van der Waals surface area contributed by atoms with E-state index in [1.807, 2.05) is 26.0 Å². The topological polar surface area (TPSA) is 61.8 Å². The summed E-state index contributed by atoms with van der Waals surface area (Å²) in [6.07, 6.45) is 0.0703. The van der Waals surface area contributed by atoms with Crippen LogP contribution >= 0.6 is 0 Å². The van der Waals surface area contributed by atoms with E-state index in [0.717, 1.165) is 16.9 Å². The number of carbonyl (C=O) groups excluding carboxylic acids is 2. The van der Waals surface area contributed by atoms with Gasteiger partial charge in [0.15, 0.2) is 0 Å². The van der Waals surface area contributed by atoms with Gasteiger partial charge in [-0.25, -0.2) is 0 Å². The minimum Gasteiger partial charge on any atom is -0.497 e. The molecule has 0 heterocycles. The average Bonchev–Trinajstić information content (AvgIpc) is 2.57. The SMILES string of the molecule is COc1cc(C(C)(C)C)c(OC(=O)[C@@H](C)[C@@H](CC(C)C)OC(C)=O)c(C(C)(C)C)c1. The van der Waals surface area contributed by atoms with Crippen molar-refractivity contribution in [3.8, 4) is 11.5 Å². The van der Waals surface area contributed by atoms with Gasteiger partial charge in [-0.2, -0.15) is 0 Å². The Hall–Kier alpha value is -2.04. The first-order valence-corrected chi connectivity index (χ1v) is 10.7. The highest BCUT2D eigenvalue weighted by Gasteiger charge is 2.33. The Balaban J connectivity index is 3.45. The summed E-state index contributed by atoms with van der Waals surface area (Å²) in [4.78, 5) is 24.8. The Labute approximate surface area is 182 Å². The lowest BCUT2D eigenvalue weighted by Gasteiger charge is -2.31. The molecule has 0 radical (unpaired) electrons. The normalized spacial score (nSPS) is 14.3. The summed E-state index contributed by atoms with van der Waals surface area (Å²) in [5, 5.41) is 0. The van der Waals surface area contributed by atoms with Gasteiger partial charge in [-0.15, -0.1) is 0 Å². The average molecular weight is 421 g/mol. The maximum atomic E-state index is 13.2. The summed E-state index contributed by atoms with van der Waals surface area (Å²) in [7, 11) is 1.64. The van der Waals surface area contributed by atoms with Crippen molar-refractivity contribution in [2.75, 3.05) is 7.11 Å². The zero-order valence-corrected chi connectivity index (χ0v) is 20.6. The first kappa shape index (κ1) is 26.0. The molecule has 0 aliphatic heterocycles. The van der Waals surface area contributed by atoms with E-state index in [4.69, 9.17) is 14.2 Å². The van der Waals surface area contributed by atoms with Gasteiger partial charge >= 0.3 is 11.9 Å². The third-order valence-corrected chi connectivity index (χ3v) is 5.07. The predicted molar refractivity (Wildman–Crippen MR) is 120 cm³/mol. The molecule has 1 aromatic carbocycles. The van der Waals surface area contributed by atoms with Crippen LogP contribution in [0.1, 0.15) is 86.8 Å². The van der Waals surface area contributed by atoms with Crippen LogP contribution in [0.15, 0.2) is 12.1 Å². The third-order valence-electron chi connectivity index (χ3n) is 5.07. The van der Waals surface area contributed by atoms with Gasteiger partial charge in [0.1, 0.15) is 17.6 Å². The van der Waals surface area contributed by atoms with Crippen molar-refractivity contribution < 1.29 is 23.8 Å². The second kappa shape index (κ2) is 9.84. The van der Waals surface area contributed by atoms with E-state index < -0.39 is 24.0 Å². The molecule has 2 atom stereocenters. The Bertz CT molecular complexity index is 715. The van der Waals surface area contributed by atoms with Crippen molar-refractivity contribution >= 4 is 11.9 Å². The summed E-state index contributed by atoms with van der Waals surface area (Å²) in [5.41, 5.74) is 1.28. The number of rotatable bonds is 7. The minimum atomic E-state index is -0.584. The van der Waals surface area contributed by atoms with Crippen molar-refractivity contribution in [2.45, 2.75) is 92.6 Å². The van der Waals surface area contributed by atoms with Crippen LogP contribution in [0.25, 0.3) is 0 Å². The lowest BCUT2D eigenvalue weighted by Crippen LogP contribution is -2.34. The number of ether oxygens (including phenoxy) is 3.